The van der Waals surface area contributed by atoms with Gasteiger partial charge >= 0.3 is 6.09 Å². The zero-order valence-corrected chi connectivity index (χ0v) is 16.5. The topological polar surface area (TPSA) is 44.8 Å². The number of hydrogen-bond donors (Lipinski definition) is 1. The van der Waals surface area contributed by atoms with Crippen LogP contribution in [0.1, 0.15) is 40.5 Å². The number of ether oxygens (including phenoxy) is 1. The summed E-state index contributed by atoms with van der Waals surface area (Å²) in [7, 11) is 4.10. The summed E-state index contributed by atoms with van der Waals surface area (Å²) < 4.78 is 5.53. The SMILES string of the molecule is CC(Nc1ccccc1N(C)C)C1CCCN(C(=O)OC(C)(C)C)C1. The number of benzene rings is 1. The van der Waals surface area contributed by atoms with Gasteiger partial charge in [0.15, 0.2) is 0 Å². The van der Waals surface area contributed by atoms with Crippen LogP contribution in [0.2, 0.25) is 0 Å². The summed E-state index contributed by atoms with van der Waals surface area (Å²) >= 11 is 0. The lowest BCUT2D eigenvalue weighted by Crippen LogP contribution is -2.46. The minimum absolute atomic E-state index is 0.196. The van der Waals surface area contributed by atoms with Crippen LogP contribution in [0.5, 0.6) is 0 Å². The van der Waals surface area contributed by atoms with Gasteiger partial charge in [-0.05, 0) is 58.6 Å². The molecule has 1 amide bonds. The van der Waals surface area contributed by atoms with E-state index in [1.54, 1.807) is 0 Å². The van der Waals surface area contributed by atoms with Crippen LogP contribution in [0.25, 0.3) is 0 Å². The molecule has 2 rings (SSSR count). The second-order valence-corrected chi connectivity index (χ2v) is 8.17. The Kier molecular flexibility index (Phi) is 6.20. The van der Waals surface area contributed by atoms with Crippen molar-refractivity contribution in [3.63, 3.8) is 0 Å². The monoisotopic (exact) mass is 347 g/mol. The number of carbonyl (C=O) groups is 1. The predicted molar refractivity (Wildman–Crippen MR) is 104 cm³/mol. The van der Waals surface area contributed by atoms with E-state index < -0.39 is 5.60 Å². The molecule has 1 fully saturated rings. The third-order valence-electron chi connectivity index (χ3n) is 4.59. The minimum atomic E-state index is -0.446. The molecule has 1 aromatic carbocycles. The summed E-state index contributed by atoms with van der Waals surface area (Å²) in [6, 6.07) is 8.61. The molecule has 5 heteroatoms. The van der Waals surface area contributed by atoms with Gasteiger partial charge in [0.05, 0.1) is 11.4 Å². The van der Waals surface area contributed by atoms with E-state index in [1.165, 1.54) is 5.69 Å². The van der Waals surface area contributed by atoms with Gasteiger partial charge in [0.25, 0.3) is 0 Å². The standard InChI is InChI=1S/C20H33N3O2/c1-15(21-17-11-7-8-12-18(17)22(5)6)16-10-9-13-23(14-16)19(24)25-20(2,3)4/h7-8,11-12,15-16,21H,9-10,13-14H2,1-6H3. The van der Waals surface area contributed by atoms with E-state index in [0.717, 1.165) is 31.6 Å². The van der Waals surface area contributed by atoms with Crippen molar-refractivity contribution < 1.29 is 9.53 Å². The number of nitrogens with zero attached hydrogens (tertiary/aromatic N) is 2. The number of anilines is 2. The first kappa shape index (κ1) is 19.4. The first-order valence-corrected chi connectivity index (χ1v) is 9.18. The Morgan fingerprint density at radius 1 is 1.32 bits per heavy atom. The molecule has 1 N–H and O–H groups in total. The lowest BCUT2D eigenvalue weighted by atomic mass is 9.91. The molecule has 25 heavy (non-hydrogen) atoms. The fourth-order valence-corrected chi connectivity index (χ4v) is 3.26. The predicted octanol–water partition coefficient (Wildman–Crippen LogP) is 4.20. The summed E-state index contributed by atoms with van der Waals surface area (Å²) in [5.41, 5.74) is 1.86. The lowest BCUT2D eigenvalue weighted by molar-refractivity contribution is 0.0159. The molecule has 1 heterocycles. The lowest BCUT2D eigenvalue weighted by Gasteiger charge is -2.37. The van der Waals surface area contributed by atoms with Crippen molar-refractivity contribution in [2.24, 2.45) is 5.92 Å². The van der Waals surface area contributed by atoms with Gasteiger partial charge in [-0.3, -0.25) is 0 Å². The molecular weight excluding hydrogens is 314 g/mol. The highest BCUT2D eigenvalue weighted by atomic mass is 16.6. The van der Waals surface area contributed by atoms with Gasteiger partial charge in [-0.15, -0.1) is 0 Å². The van der Waals surface area contributed by atoms with Crippen molar-refractivity contribution in [3.05, 3.63) is 24.3 Å². The highest BCUT2D eigenvalue weighted by Gasteiger charge is 2.30. The third-order valence-corrected chi connectivity index (χ3v) is 4.59. The number of hydrogen-bond acceptors (Lipinski definition) is 4. The van der Waals surface area contributed by atoms with E-state index in [-0.39, 0.29) is 12.1 Å². The average Bonchev–Trinajstić information content (AvgIpc) is 2.53. The third kappa shape index (κ3) is 5.55. The molecule has 2 atom stereocenters. The Hall–Kier alpha value is -1.91. The molecule has 140 valence electrons. The zero-order valence-electron chi connectivity index (χ0n) is 16.5. The van der Waals surface area contributed by atoms with Crippen LogP contribution in [-0.4, -0.2) is 49.8 Å². The van der Waals surface area contributed by atoms with Crippen LogP contribution >= 0.6 is 0 Å². The largest absolute Gasteiger partial charge is 0.444 e. The molecule has 1 saturated heterocycles. The Labute approximate surface area is 152 Å². The van der Waals surface area contributed by atoms with E-state index in [2.05, 4.69) is 55.5 Å². The fourth-order valence-electron chi connectivity index (χ4n) is 3.26. The molecular formula is C20H33N3O2. The molecule has 0 spiro atoms. The summed E-state index contributed by atoms with van der Waals surface area (Å²) in [5, 5.41) is 3.65. The van der Waals surface area contributed by atoms with E-state index in [1.807, 2.05) is 25.7 Å². The maximum Gasteiger partial charge on any atom is 0.410 e. The van der Waals surface area contributed by atoms with Gasteiger partial charge in [-0.2, -0.15) is 0 Å². The molecule has 0 bridgehead atoms. The highest BCUT2D eigenvalue weighted by Crippen LogP contribution is 2.28. The Morgan fingerprint density at radius 3 is 2.64 bits per heavy atom. The molecule has 1 aromatic rings. The van der Waals surface area contributed by atoms with Crippen LogP contribution in [0, 0.1) is 5.92 Å². The number of carbonyl (C=O) groups excluding carboxylic acids is 1. The van der Waals surface area contributed by atoms with Gasteiger partial charge in [0, 0.05) is 33.2 Å². The number of nitrogens with one attached hydrogen (secondary N) is 1. The maximum atomic E-state index is 12.4. The van der Waals surface area contributed by atoms with Gasteiger partial charge in [-0.25, -0.2) is 4.79 Å². The summed E-state index contributed by atoms with van der Waals surface area (Å²) in [5.74, 6) is 0.413. The smallest absolute Gasteiger partial charge is 0.410 e. The van der Waals surface area contributed by atoms with Crippen LogP contribution in [0.15, 0.2) is 24.3 Å². The molecule has 1 aliphatic heterocycles. The van der Waals surface area contributed by atoms with Crippen LogP contribution in [0.3, 0.4) is 0 Å². The van der Waals surface area contributed by atoms with Crippen molar-refractivity contribution in [1.82, 2.24) is 4.90 Å². The quantitative estimate of drug-likeness (QED) is 0.886. The molecule has 1 aliphatic rings. The molecule has 5 nitrogen and oxygen atoms in total. The number of piperidine rings is 1. The number of likely N-dealkylation sites (tertiary alicyclic amines) is 1. The van der Waals surface area contributed by atoms with Crippen molar-refractivity contribution in [2.45, 2.75) is 52.2 Å². The van der Waals surface area contributed by atoms with Gasteiger partial charge < -0.3 is 19.9 Å². The summed E-state index contributed by atoms with van der Waals surface area (Å²) in [6.07, 6.45) is 1.95. The minimum Gasteiger partial charge on any atom is -0.444 e. The normalized spacial score (nSPS) is 19.3. The first-order valence-electron chi connectivity index (χ1n) is 9.18. The van der Waals surface area contributed by atoms with Crippen molar-refractivity contribution in [2.75, 3.05) is 37.4 Å². The molecule has 0 radical (unpaired) electrons. The average molecular weight is 348 g/mol. The number of rotatable bonds is 4. The van der Waals surface area contributed by atoms with Crippen molar-refractivity contribution in [3.8, 4) is 0 Å². The molecule has 0 saturated carbocycles. The number of amides is 1. The van der Waals surface area contributed by atoms with Gasteiger partial charge in [0.1, 0.15) is 5.60 Å². The van der Waals surface area contributed by atoms with Gasteiger partial charge in [-0.1, -0.05) is 12.1 Å². The summed E-state index contributed by atoms with van der Waals surface area (Å²) in [4.78, 5) is 16.3. The van der Waals surface area contributed by atoms with Crippen molar-refractivity contribution in [1.29, 1.82) is 0 Å². The molecule has 0 aromatic heterocycles. The molecule has 0 aliphatic carbocycles. The Bertz CT molecular complexity index is 581. The van der Waals surface area contributed by atoms with Crippen molar-refractivity contribution >= 4 is 17.5 Å². The Balaban J connectivity index is 2.00. The highest BCUT2D eigenvalue weighted by molar-refractivity contribution is 5.70. The van der Waals surface area contributed by atoms with E-state index in [4.69, 9.17) is 4.74 Å². The first-order chi connectivity index (χ1) is 11.7. The van der Waals surface area contributed by atoms with E-state index in [0.29, 0.717) is 5.92 Å². The van der Waals surface area contributed by atoms with Gasteiger partial charge in [0.2, 0.25) is 0 Å². The van der Waals surface area contributed by atoms with E-state index in [9.17, 15) is 4.79 Å². The fraction of sp³-hybridized carbons (Fsp3) is 0.650. The van der Waals surface area contributed by atoms with Crippen LogP contribution in [0.4, 0.5) is 16.2 Å². The van der Waals surface area contributed by atoms with E-state index >= 15 is 0 Å². The van der Waals surface area contributed by atoms with Crippen LogP contribution < -0.4 is 10.2 Å². The number of para-hydroxylation sites is 2. The zero-order chi connectivity index (χ0) is 18.6. The Morgan fingerprint density at radius 2 is 2.00 bits per heavy atom. The second kappa shape index (κ2) is 7.98. The maximum absolute atomic E-state index is 12.4. The second-order valence-electron chi connectivity index (χ2n) is 8.17. The summed E-state index contributed by atoms with van der Waals surface area (Å²) in [6.45, 7) is 9.47. The van der Waals surface area contributed by atoms with Crippen LogP contribution in [-0.2, 0) is 4.74 Å². The molecule has 2 unspecified atom stereocenters.